The van der Waals surface area contributed by atoms with Crippen molar-refractivity contribution in [3.05, 3.63) is 65.7 Å². The van der Waals surface area contributed by atoms with Crippen LogP contribution in [0.3, 0.4) is 0 Å². The van der Waals surface area contributed by atoms with Gasteiger partial charge < -0.3 is 9.47 Å². The first-order chi connectivity index (χ1) is 12.5. The molecule has 0 aliphatic heterocycles. The molecule has 0 aliphatic carbocycles. The van der Waals surface area contributed by atoms with Gasteiger partial charge in [0.25, 0.3) is 0 Å². The third kappa shape index (κ3) is 6.71. The summed E-state index contributed by atoms with van der Waals surface area (Å²) in [5.74, 6) is 0.529. The molecule has 0 N–H and O–H groups in total. The fourth-order valence-electron chi connectivity index (χ4n) is 2.59. The molecular formula is C21H25F3O2. The van der Waals surface area contributed by atoms with Crippen LogP contribution in [0.1, 0.15) is 49.8 Å². The highest BCUT2D eigenvalue weighted by Gasteiger charge is 2.41. The first-order valence-electron chi connectivity index (χ1n) is 8.95. The third-order valence-electron chi connectivity index (χ3n) is 4.01. The molecule has 5 heteroatoms. The van der Waals surface area contributed by atoms with Gasteiger partial charge in [0.15, 0.2) is 6.10 Å². The lowest BCUT2D eigenvalue weighted by Crippen LogP contribution is -2.24. The molecule has 0 amide bonds. The number of alkyl halides is 3. The van der Waals surface area contributed by atoms with Gasteiger partial charge in [0.05, 0.1) is 0 Å². The normalized spacial score (nSPS) is 12.8. The third-order valence-corrected chi connectivity index (χ3v) is 4.01. The predicted molar refractivity (Wildman–Crippen MR) is 96.1 cm³/mol. The second kappa shape index (κ2) is 10.2. The van der Waals surface area contributed by atoms with Crippen molar-refractivity contribution in [2.45, 2.75) is 51.5 Å². The van der Waals surface area contributed by atoms with E-state index in [2.05, 4.69) is 6.92 Å². The van der Waals surface area contributed by atoms with Crippen molar-refractivity contribution in [3.63, 3.8) is 0 Å². The predicted octanol–water partition coefficient (Wildman–Crippen LogP) is 6.47. The van der Waals surface area contributed by atoms with Crippen molar-refractivity contribution in [1.29, 1.82) is 0 Å². The Morgan fingerprint density at radius 1 is 0.885 bits per heavy atom. The van der Waals surface area contributed by atoms with Gasteiger partial charge in [-0.25, -0.2) is 0 Å². The first kappa shape index (κ1) is 20.3. The summed E-state index contributed by atoms with van der Waals surface area (Å²) >= 11 is 0. The summed E-state index contributed by atoms with van der Waals surface area (Å²) in [5, 5.41) is 0. The van der Waals surface area contributed by atoms with E-state index in [1.807, 2.05) is 30.3 Å². The van der Waals surface area contributed by atoms with E-state index < -0.39 is 12.3 Å². The van der Waals surface area contributed by atoms with E-state index >= 15 is 0 Å². The van der Waals surface area contributed by atoms with Gasteiger partial charge in [0.1, 0.15) is 12.4 Å². The zero-order valence-corrected chi connectivity index (χ0v) is 15.0. The van der Waals surface area contributed by atoms with Gasteiger partial charge in [0, 0.05) is 6.61 Å². The maximum Gasteiger partial charge on any atom is 0.418 e. The lowest BCUT2D eigenvalue weighted by molar-refractivity contribution is -0.224. The summed E-state index contributed by atoms with van der Waals surface area (Å²) < 4.78 is 50.6. The molecule has 1 atom stereocenters. The average molecular weight is 366 g/mol. The van der Waals surface area contributed by atoms with Crippen LogP contribution in [-0.4, -0.2) is 12.8 Å². The Hall–Kier alpha value is -2.01. The maximum atomic E-state index is 13.3. The van der Waals surface area contributed by atoms with Crippen LogP contribution in [0.2, 0.25) is 0 Å². The molecule has 0 spiro atoms. The second-order valence-electron chi connectivity index (χ2n) is 6.20. The van der Waals surface area contributed by atoms with Crippen LogP contribution < -0.4 is 4.74 Å². The van der Waals surface area contributed by atoms with E-state index in [1.165, 1.54) is 12.1 Å². The summed E-state index contributed by atoms with van der Waals surface area (Å²) in [7, 11) is 0. The van der Waals surface area contributed by atoms with E-state index in [4.69, 9.17) is 9.47 Å². The lowest BCUT2D eigenvalue weighted by atomic mass is 10.1. The van der Waals surface area contributed by atoms with Crippen LogP contribution in [0.4, 0.5) is 13.2 Å². The zero-order chi connectivity index (χ0) is 18.8. The highest BCUT2D eigenvalue weighted by atomic mass is 19.4. The maximum absolute atomic E-state index is 13.3. The Labute approximate surface area is 152 Å². The van der Waals surface area contributed by atoms with Gasteiger partial charge in [-0.1, -0.05) is 68.7 Å². The number of hydrogen-bond donors (Lipinski definition) is 0. The SMILES string of the molecule is CCCCCCOC(c1ccc(OCc2ccccc2)cc1)C(F)(F)F. The van der Waals surface area contributed by atoms with Gasteiger partial charge in [-0.15, -0.1) is 0 Å². The van der Waals surface area contributed by atoms with E-state index in [0.29, 0.717) is 18.8 Å². The Morgan fingerprint density at radius 3 is 2.19 bits per heavy atom. The molecule has 2 nitrogen and oxygen atoms in total. The van der Waals surface area contributed by atoms with E-state index in [-0.39, 0.29) is 12.2 Å². The number of ether oxygens (including phenoxy) is 2. The molecule has 1 unspecified atom stereocenters. The lowest BCUT2D eigenvalue weighted by Gasteiger charge is -2.21. The van der Waals surface area contributed by atoms with Gasteiger partial charge >= 0.3 is 6.18 Å². The minimum absolute atomic E-state index is 0.0973. The van der Waals surface area contributed by atoms with Crippen molar-refractivity contribution in [2.75, 3.05) is 6.61 Å². The summed E-state index contributed by atoms with van der Waals surface area (Å²) in [6.45, 7) is 2.54. The molecule has 0 aromatic heterocycles. The van der Waals surface area contributed by atoms with Crippen LogP contribution in [-0.2, 0) is 11.3 Å². The van der Waals surface area contributed by atoms with Gasteiger partial charge in [-0.05, 0) is 29.7 Å². The zero-order valence-electron chi connectivity index (χ0n) is 15.0. The number of halogens is 3. The summed E-state index contributed by atoms with van der Waals surface area (Å²) in [6.07, 6.45) is -2.77. The van der Waals surface area contributed by atoms with Crippen LogP contribution in [0.15, 0.2) is 54.6 Å². The number of unbranched alkanes of at least 4 members (excludes halogenated alkanes) is 3. The first-order valence-corrected chi connectivity index (χ1v) is 8.95. The molecule has 142 valence electrons. The minimum Gasteiger partial charge on any atom is -0.489 e. The molecule has 0 radical (unpaired) electrons. The Morgan fingerprint density at radius 2 is 1.58 bits per heavy atom. The largest absolute Gasteiger partial charge is 0.489 e. The minimum atomic E-state index is -4.43. The highest BCUT2D eigenvalue weighted by Crippen LogP contribution is 2.36. The van der Waals surface area contributed by atoms with Crippen LogP contribution in [0, 0.1) is 0 Å². The van der Waals surface area contributed by atoms with E-state index in [0.717, 1.165) is 24.8 Å². The smallest absolute Gasteiger partial charge is 0.418 e. The molecular weight excluding hydrogens is 341 g/mol. The van der Waals surface area contributed by atoms with Crippen molar-refractivity contribution in [2.24, 2.45) is 0 Å². The molecule has 0 bridgehead atoms. The van der Waals surface area contributed by atoms with Crippen molar-refractivity contribution < 1.29 is 22.6 Å². The fourth-order valence-corrected chi connectivity index (χ4v) is 2.59. The summed E-state index contributed by atoms with van der Waals surface area (Å²) in [5.41, 5.74) is 1.10. The molecule has 2 aromatic rings. The van der Waals surface area contributed by atoms with Gasteiger partial charge in [-0.2, -0.15) is 13.2 Å². The molecule has 0 saturated heterocycles. The molecule has 2 rings (SSSR count). The number of hydrogen-bond acceptors (Lipinski definition) is 2. The average Bonchev–Trinajstić information content (AvgIpc) is 2.63. The van der Waals surface area contributed by atoms with E-state index in [9.17, 15) is 13.2 Å². The Bertz CT molecular complexity index is 624. The van der Waals surface area contributed by atoms with Crippen LogP contribution in [0.5, 0.6) is 5.75 Å². The van der Waals surface area contributed by atoms with E-state index in [1.54, 1.807) is 12.1 Å². The van der Waals surface area contributed by atoms with Gasteiger partial charge in [-0.3, -0.25) is 0 Å². The molecule has 0 fully saturated rings. The molecule has 0 saturated carbocycles. The fraction of sp³-hybridized carbons (Fsp3) is 0.429. The molecule has 0 heterocycles. The summed E-state index contributed by atoms with van der Waals surface area (Å²) in [4.78, 5) is 0. The quantitative estimate of drug-likeness (QED) is 0.449. The standard InChI is InChI=1S/C21H25F3O2/c1-2-3-4-8-15-25-20(21(22,23)24)18-11-13-19(14-12-18)26-16-17-9-6-5-7-10-17/h5-7,9-14,20H,2-4,8,15-16H2,1H3. The summed E-state index contributed by atoms with van der Waals surface area (Å²) in [6, 6.07) is 15.5. The highest BCUT2D eigenvalue weighted by molar-refractivity contribution is 5.29. The van der Waals surface area contributed by atoms with Crippen molar-refractivity contribution >= 4 is 0 Å². The Balaban J connectivity index is 1.93. The molecule has 26 heavy (non-hydrogen) atoms. The second-order valence-corrected chi connectivity index (χ2v) is 6.20. The number of rotatable bonds is 10. The topological polar surface area (TPSA) is 18.5 Å². The van der Waals surface area contributed by atoms with Gasteiger partial charge in [0.2, 0.25) is 0 Å². The molecule has 0 aliphatic rings. The number of benzene rings is 2. The Kier molecular flexibility index (Phi) is 7.98. The van der Waals surface area contributed by atoms with Crippen molar-refractivity contribution in [1.82, 2.24) is 0 Å². The molecule has 2 aromatic carbocycles. The van der Waals surface area contributed by atoms with Crippen molar-refractivity contribution in [3.8, 4) is 5.75 Å². The van der Waals surface area contributed by atoms with Crippen LogP contribution in [0.25, 0.3) is 0 Å². The monoisotopic (exact) mass is 366 g/mol. The van der Waals surface area contributed by atoms with Crippen LogP contribution >= 0.6 is 0 Å².